The number of nitrogens with zero attached hydrogens (tertiary/aromatic N) is 1. The highest BCUT2D eigenvalue weighted by Gasteiger charge is 2.31. The molecule has 7 nitrogen and oxygen atoms in total. The maximum Gasteiger partial charge on any atom is 0.273 e. The van der Waals surface area contributed by atoms with Crippen molar-refractivity contribution in [3.8, 4) is 0 Å². The zero-order valence-electron chi connectivity index (χ0n) is 10.2. The Balaban J connectivity index is 2.21. The van der Waals surface area contributed by atoms with Gasteiger partial charge in [-0.05, 0) is 25.7 Å². The molecule has 1 fully saturated rings. The van der Waals surface area contributed by atoms with Crippen LogP contribution in [0.15, 0.2) is 4.90 Å². The number of rotatable bonds is 3. The Bertz CT molecular complexity index is 572. The van der Waals surface area contributed by atoms with Crippen LogP contribution in [0.25, 0.3) is 0 Å². The fourth-order valence-electron chi connectivity index (χ4n) is 2.19. The molecule has 1 aliphatic carbocycles. The van der Waals surface area contributed by atoms with Crippen molar-refractivity contribution < 1.29 is 13.2 Å². The number of H-pyrrole nitrogens is 1. The minimum Gasteiger partial charge on any atom is -0.348 e. The summed E-state index contributed by atoms with van der Waals surface area (Å²) in [5, 5.41) is 14.0. The van der Waals surface area contributed by atoms with Crippen LogP contribution in [0.5, 0.6) is 0 Å². The standard InChI is InChI=1S/C10H16N4O3S/c1-5-3-7(4-5)12-10(15)8-9(18(11,16)17)6(2)13-14-8/h5,7H,3-4H2,1-2H3,(H,12,15)(H,13,14)(H2,11,16,17). The van der Waals surface area contributed by atoms with Gasteiger partial charge in [0.05, 0.1) is 5.69 Å². The van der Waals surface area contributed by atoms with Crippen LogP contribution in [-0.4, -0.2) is 30.6 Å². The van der Waals surface area contributed by atoms with Gasteiger partial charge in [-0.3, -0.25) is 9.89 Å². The lowest BCUT2D eigenvalue weighted by atomic mass is 9.82. The van der Waals surface area contributed by atoms with E-state index in [4.69, 9.17) is 5.14 Å². The second-order valence-electron chi connectivity index (χ2n) is 4.82. The fourth-order valence-corrected chi connectivity index (χ4v) is 3.08. The van der Waals surface area contributed by atoms with Crippen LogP contribution in [-0.2, 0) is 10.0 Å². The number of sulfonamides is 1. The first-order valence-corrected chi connectivity index (χ1v) is 7.22. The molecule has 1 aliphatic rings. The van der Waals surface area contributed by atoms with E-state index in [1.807, 2.05) is 0 Å². The van der Waals surface area contributed by atoms with Crippen LogP contribution in [0.4, 0.5) is 0 Å². The van der Waals surface area contributed by atoms with Crippen molar-refractivity contribution in [3.63, 3.8) is 0 Å². The Labute approximate surface area is 105 Å². The topological polar surface area (TPSA) is 118 Å². The van der Waals surface area contributed by atoms with Gasteiger partial charge >= 0.3 is 0 Å². The molecule has 18 heavy (non-hydrogen) atoms. The van der Waals surface area contributed by atoms with Gasteiger partial charge in [0.2, 0.25) is 10.0 Å². The summed E-state index contributed by atoms with van der Waals surface area (Å²) in [7, 11) is -3.96. The van der Waals surface area contributed by atoms with Gasteiger partial charge in [0.25, 0.3) is 5.91 Å². The van der Waals surface area contributed by atoms with E-state index >= 15 is 0 Å². The summed E-state index contributed by atoms with van der Waals surface area (Å²) in [6.07, 6.45) is 1.81. The molecular weight excluding hydrogens is 256 g/mol. The lowest BCUT2D eigenvalue weighted by Gasteiger charge is -2.33. The van der Waals surface area contributed by atoms with E-state index in [2.05, 4.69) is 22.4 Å². The average molecular weight is 272 g/mol. The van der Waals surface area contributed by atoms with Crippen molar-refractivity contribution in [2.45, 2.75) is 37.6 Å². The molecule has 0 saturated heterocycles. The van der Waals surface area contributed by atoms with E-state index in [-0.39, 0.29) is 22.3 Å². The molecule has 4 N–H and O–H groups in total. The quantitative estimate of drug-likeness (QED) is 0.711. The minimum absolute atomic E-state index is 0.0952. The van der Waals surface area contributed by atoms with Crippen molar-refractivity contribution >= 4 is 15.9 Å². The molecule has 8 heteroatoms. The first-order chi connectivity index (χ1) is 8.29. The Hall–Kier alpha value is -1.41. The molecule has 0 unspecified atom stereocenters. The number of aromatic nitrogens is 2. The largest absolute Gasteiger partial charge is 0.348 e. The van der Waals surface area contributed by atoms with E-state index in [0.29, 0.717) is 5.92 Å². The Morgan fingerprint density at radius 1 is 1.50 bits per heavy atom. The summed E-state index contributed by atoms with van der Waals surface area (Å²) in [4.78, 5) is 11.7. The maximum absolute atomic E-state index is 11.9. The Kier molecular flexibility index (Phi) is 3.16. The number of primary sulfonamides is 1. The Morgan fingerprint density at radius 2 is 2.11 bits per heavy atom. The maximum atomic E-state index is 11.9. The average Bonchev–Trinajstić information content (AvgIpc) is 2.57. The van der Waals surface area contributed by atoms with Gasteiger partial charge in [0.1, 0.15) is 4.90 Å². The van der Waals surface area contributed by atoms with Crippen molar-refractivity contribution in [2.24, 2.45) is 11.1 Å². The molecule has 0 aromatic carbocycles. The minimum atomic E-state index is -3.96. The molecule has 2 rings (SSSR count). The van der Waals surface area contributed by atoms with E-state index < -0.39 is 15.9 Å². The summed E-state index contributed by atoms with van der Waals surface area (Å²) in [5.74, 6) is 0.0919. The van der Waals surface area contributed by atoms with Crippen LogP contribution in [0.1, 0.15) is 35.9 Å². The van der Waals surface area contributed by atoms with Gasteiger partial charge in [-0.1, -0.05) is 6.92 Å². The molecule has 0 aliphatic heterocycles. The van der Waals surface area contributed by atoms with Crippen LogP contribution in [0.3, 0.4) is 0 Å². The summed E-state index contributed by atoms with van der Waals surface area (Å²) in [6.45, 7) is 3.60. The van der Waals surface area contributed by atoms with Crippen molar-refractivity contribution in [1.29, 1.82) is 0 Å². The molecule has 0 spiro atoms. The van der Waals surface area contributed by atoms with Crippen LogP contribution < -0.4 is 10.5 Å². The number of hydrogen-bond donors (Lipinski definition) is 3. The smallest absolute Gasteiger partial charge is 0.273 e. The van der Waals surface area contributed by atoms with Crippen LogP contribution >= 0.6 is 0 Å². The molecule has 1 aromatic heterocycles. The van der Waals surface area contributed by atoms with Gasteiger partial charge in [0.15, 0.2) is 5.69 Å². The summed E-state index contributed by atoms with van der Waals surface area (Å²) in [5.41, 5.74) is 0.110. The fraction of sp³-hybridized carbons (Fsp3) is 0.600. The number of aromatic amines is 1. The molecule has 0 bridgehead atoms. The molecule has 1 aromatic rings. The summed E-state index contributed by atoms with van der Waals surface area (Å²) < 4.78 is 22.8. The van der Waals surface area contributed by atoms with E-state index in [1.54, 1.807) is 0 Å². The predicted octanol–water partition coefficient (Wildman–Crippen LogP) is -0.106. The number of nitrogens with two attached hydrogens (primary N) is 1. The van der Waals surface area contributed by atoms with Gasteiger partial charge < -0.3 is 5.32 Å². The third kappa shape index (κ3) is 2.39. The second kappa shape index (κ2) is 4.36. The zero-order valence-corrected chi connectivity index (χ0v) is 11.0. The highest BCUT2D eigenvalue weighted by molar-refractivity contribution is 7.89. The van der Waals surface area contributed by atoms with Crippen molar-refractivity contribution in [2.75, 3.05) is 0 Å². The van der Waals surface area contributed by atoms with Gasteiger partial charge in [-0.25, -0.2) is 13.6 Å². The number of amides is 1. The zero-order chi connectivity index (χ0) is 13.5. The first kappa shape index (κ1) is 13.0. The monoisotopic (exact) mass is 272 g/mol. The summed E-state index contributed by atoms with van der Waals surface area (Å²) in [6, 6.07) is 0.0952. The molecule has 0 atom stereocenters. The highest BCUT2D eigenvalue weighted by atomic mass is 32.2. The normalized spacial score (nSPS) is 23.5. The predicted molar refractivity (Wildman–Crippen MR) is 64.4 cm³/mol. The highest BCUT2D eigenvalue weighted by Crippen LogP contribution is 2.26. The molecule has 0 radical (unpaired) electrons. The Morgan fingerprint density at radius 3 is 2.61 bits per heavy atom. The molecular formula is C10H16N4O3S. The van der Waals surface area contributed by atoms with Crippen molar-refractivity contribution in [3.05, 3.63) is 11.4 Å². The van der Waals surface area contributed by atoms with Crippen LogP contribution in [0.2, 0.25) is 0 Å². The third-order valence-electron chi connectivity index (χ3n) is 3.10. The number of carbonyl (C=O) groups is 1. The van der Waals surface area contributed by atoms with Gasteiger partial charge in [-0.2, -0.15) is 5.10 Å². The number of hydrogen-bond acceptors (Lipinski definition) is 4. The van der Waals surface area contributed by atoms with Gasteiger partial charge in [-0.15, -0.1) is 0 Å². The first-order valence-electron chi connectivity index (χ1n) is 5.67. The molecule has 1 saturated carbocycles. The van der Waals surface area contributed by atoms with Crippen LogP contribution in [0, 0.1) is 12.8 Å². The summed E-state index contributed by atoms with van der Waals surface area (Å²) >= 11 is 0. The lowest BCUT2D eigenvalue weighted by Crippen LogP contribution is -2.43. The lowest BCUT2D eigenvalue weighted by molar-refractivity contribution is 0.0887. The van der Waals surface area contributed by atoms with E-state index in [9.17, 15) is 13.2 Å². The van der Waals surface area contributed by atoms with Crippen molar-refractivity contribution in [1.82, 2.24) is 15.5 Å². The van der Waals surface area contributed by atoms with E-state index in [0.717, 1.165) is 12.8 Å². The molecule has 1 heterocycles. The number of nitrogens with one attached hydrogen (secondary N) is 2. The molecule has 1 amide bonds. The van der Waals surface area contributed by atoms with Gasteiger partial charge in [0, 0.05) is 6.04 Å². The second-order valence-corrected chi connectivity index (χ2v) is 6.32. The molecule has 100 valence electrons. The third-order valence-corrected chi connectivity index (χ3v) is 4.17. The van der Waals surface area contributed by atoms with E-state index in [1.165, 1.54) is 6.92 Å². The number of carbonyl (C=O) groups excluding carboxylic acids is 1. The SMILES string of the molecule is Cc1[nH]nc(C(=O)NC2CC(C)C2)c1S(N)(=O)=O. The number of aryl methyl sites for hydroxylation is 1.